The van der Waals surface area contributed by atoms with Crippen molar-refractivity contribution >= 4 is 34.7 Å². The van der Waals surface area contributed by atoms with E-state index in [0.29, 0.717) is 12.1 Å². The number of hydrogen-bond acceptors (Lipinski definition) is 3. The third-order valence-corrected chi connectivity index (χ3v) is 6.30. The summed E-state index contributed by atoms with van der Waals surface area (Å²) in [6, 6.07) is 32.6. The SMILES string of the molecule is CC(=O)C[n+]1ccc(/C(=C/c2ccc3c(c2)CCN3C#Cc2ccccc2)C(=O)Nc2ccccc2)cc1. The Bertz CT molecular complexity index is 1550. The second kappa shape index (κ2) is 11.4. The fourth-order valence-corrected chi connectivity index (χ4v) is 4.45. The lowest BCUT2D eigenvalue weighted by Gasteiger charge is -2.12. The Labute approximate surface area is 223 Å². The number of ketones is 1. The Morgan fingerprint density at radius 1 is 0.947 bits per heavy atom. The molecule has 4 aromatic rings. The van der Waals surface area contributed by atoms with E-state index in [9.17, 15) is 9.59 Å². The van der Waals surface area contributed by atoms with Crippen molar-refractivity contribution in [2.24, 2.45) is 0 Å². The van der Waals surface area contributed by atoms with E-state index in [0.717, 1.165) is 41.0 Å². The highest BCUT2D eigenvalue weighted by Gasteiger charge is 2.19. The molecule has 0 aliphatic carbocycles. The number of nitrogens with one attached hydrogen (secondary N) is 1. The summed E-state index contributed by atoms with van der Waals surface area (Å²) in [6.45, 7) is 2.68. The van der Waals surface area contributed by atoms with Gasteiger partial charge in [-0.2, -0.15) is 4.57 Å². The highest BCUT2D eigenvalue weighted by atomic mass is 16.1. The van der Waals surface area contributed by atoms with Crippen molar-refractivity contribution in [3.63, 3.8) is 0 Å². The zero-order chi connectivity index (χ0) is 26.3. The van der Waals surface area contributed by atoms with Crippen molar-refractivity contribution in [1.29, 1.82) is 0 Å². The fraction of sp³-hybridized carbons (Fsp3) is 0.121. The lowest BCUT2D eigenvalue weighted by molar-refractivity contribution is -0.684. The number of fused-ring (bicyclic) bond motifs is 1. The normalized spacial score (nSPS) is 12.3. The summed E-state index contributed by atoms with van der Waals surface area (Å²) in [4.78, 5) is 27.0. The molecule has 38 heavy (non-hydrogen) atoms. The molecule has 2 heterocycles. The van der Waals surface area contributed by atoms with Crippen molar-refractivity contribution in [3.8, 4) is 12.0 Å². The monoisotopic (exact) mass is 498 g/mol. The van der Waals surface area contributed by atoms with Gasteiger partial charge < -0.3 is 10.2 Å². The first-order chi connectivity index (χ1) is 18.5. The number of benzene rings is 3. The van der Waals surface area contributed by atoms with Gasteiger partial charge in [-0.1, -0.05) is 42.5 Å². The number of Topliss-reactive ketones (excluding diaryl/α,β-unsaturated/α-hetero) is 1. The maximum absolute atomic E-state index is 13.4. The van der Waals surface area contributed by atoms with Gasteiger partial charge in [-0.3, -0.25) is 9.59 Å². The van der Waals surface area contributed by atoms with Gasteiger partial charge in [-0.05, 0) is 71.5 Å². The molecule has 0 spiro atoms. The Morgan fingerprint density at radius 3 is 2.37 bits per heavy atom. The molecule has 0 unspecified atom stereocenters. The number of para-hydroxylation sites is 1. The van der Waals surface area contributed by atoms with Gasteiger partial charge in [0.2, 0.25) is 6.54 Å². The topological polar surface area (TPSA) is 53.3 Å². The summed E-state index contributed by atoms with van der Waals surface area (Å²) in [7, 11) is 0. The molecule has 5 heteroatoms. The third kappa shape index (κ3) is 6.05. The number of amides is 1. The summed E-state index contributed by atoms with van der Waals surface area (Å²) in [5.74, 6) is 3.11. The van der Waals surface area contributed by atoms with Crippen LogP contribution in [0.5, 0.6) is 0 Å². The van der Waals surface area contributed by atoms with Gasteiger partial charge in [0.05, 0.1) is 5.69 Å². The molecule has 0 fully saturated rings. The van der Waals surface area contributed by atoms with Crippen LogP contribution in [0, 0.1) is 12.0 Å². The smallest absolute Gasteiger partial charge is 0.256 e. The van der Waals surface area contributed by atoms with Crippen molar-refractivity contribution in [1.82, 2.24) is 0 Å². The van der Waals surface area contributed by atoms with Gasteiger partial charge in [0, 0.05) is 48.5 Å². The van der Waals surface area contributed by atoms with E-state index >= 15 is 0 Å². The first-order valence-electron chi connectivity index (χ1n) is 12.6. The number of hydrogen-bond donors (Lipinski definition) is 1. The number of carbonyl (C=O) groups is 2. The summed E-state index contributed by atoms with van der Waals surface area (Å²) < 4.78 is 1.80. The minimum atomic E-state index is -0.198. The molecule has 1 aromatic heterocycles. The van der Waals surface area contributed by atoms with Gasteiger partial charge in [-0.25, -0.2) is 0 Å². The van der Waals surface area contributed by atoms with E-state index in [4.69, 9.17) is 0 Å². The molecule has 5 nitrogen and oxygen atoms in total. The van der Waals surface area contributed by atoms with E-state index in [2.05, 4.69) is 34.3 Å². The van der Waals surface area contributed by atoms with Gasteiger partial charge >= 0.3 is 0 Å². The molecule has 0 atom stereocenters. The van der Waals surface area contributed by atoms with Gasteiger partial charge in [0.15, 0.2) is 18.2 Å². The maximum Gasteiger partial charge on any atom is 0.256 e. The molecule has 1 N–H and O–H groups in total. The molecular weight excluding hydrogens is 470 g/mol. The zero-order valence-corrected chi connectivity index (χ0v) is 21.2. The van der Waals surface area contributed by atoms with Crippen LogP contribution in [-0.4, -0.2) is 18.2 Å². The first kappa shape index (κ1) is 24.7. The Kier molecular flexibility index (Phi) is 7.42. The number of rotatable bonds is 6. The number of pyridine rings is 1. The Hall–Kier alpha value is -4.95. The summed E-state index contributed by atoms with van der Waals surface area (Å²) in [5.41, 5.74) is 6.29. The second-order valence-electron chi connectivity index (χ2n) is 9.23. The van der Waals surface area contributed by atoms with Gasteiger partial charge in [-0.15, -0.1) is 0 Å². The highest BCUT2D eigenvalue weighted by Crippen LogP contribution is 2.30. The summed E-state index contributed by atoms with van der Waals surface area (Å²) in [5, 5.41) is 3.00. The standard InChI is InChI=1S/C33H27N3O2/c1-25(37)24-35-18-15-28(16-19-35)31(33(38)34-30-10-6-3-7-11-30)23-27-12-13-32-29(22-27)17-21-36(32)20-14-26-8-4-2-5-9-26/h2-13,15-16,18-19,22-23H,17,21,24H2,1H3/p+1. The minimum absolute atomic E-state index is 0.0704. The van der Waals surface area contributed by atoms with Crippen molar-refractivity contribution in [2.75, 3.05) is 16.8 Å². The number of carbonyl (C=O) groups excluding carboxylic acids is 2. The van der Waals surface area contributed by atoms with Crippen LogP contribution in [0.3, 0.4) is 0 Å². The van der Waals surface area contributed by atoms with E-state index < -0.39 is 0 Å². The molecule has 0 radical (unpaired) electrons. The van der Waals surface area contributed by atoms with E-state index in [1.165, 1.54) is 5.56 Å². The highest BCUT2D eigenvalue weighted by molar-refractivity contribution is 6.29. The number of aromatic nitrogens is 1. The van der Waals surface area contributed by atoms with Crippen LogP contribution < -0.4 is 14.8 Å². The lowest BCUT2D eigenvalue weighted by atomic mass is 10.0. The van der Waals surface area contributed by atoms with Gasteiger partial charge in [0.1, 0.15) is 0 Å². The van der Waals surface area contributed by atoms with E-state index in [-0.39, 0.29) is 11.7 Å². The zero-order valence-electron chi connectivity index (χ0n) is 21.2. The predicted molar refractivity (Wildman–Crippen MR) is 151 cm³/mol. The van der Waals surface area contributed by atoms with Crippen LogP contribution in [0.2, 0.25) is 0 Å². The van der Waals surface area contributed by atoms with Crippen molar-refractivity contribution in [3.05, 3.63) is 126 Å². The second-order valence-corrected chi connectivity index (χ2v) is 9.23. The maximum atomic E-state index is 13.4. The Balaban J connectivity index is 1.44. The Morgan fingerprint density at radius 2 is 1.66 bits per heavy atom. The molecule has 1 aliphatic rings. The summed E-state index contributed by atoms with van der Waals surface area (Å²) >= 11 is 0. The first-order valence-corrected chi connectivity index (χ1v) is 12.6. The molecule has 5 rings (SSSR count). The lowest BCUT2D eigenvalue weighted by Crippen LogP contribution is -2.36. The van der Waals surface area contributed by atoms with E-state index in [1.54, 1.807) is 11.5 Å². The van der Waals surface area contributed by atoms with Crippen LogP contribution >= 0.6 is 0 Å². The van der Waals surface area contributed by atoms with Gasteiger partial charge in [0.25, 0.3) is 5.91 Å². The van der Waals surface area contributed by atoms with Crippen molar-refractivity contribution in [2.45, 2.75) is 19.9 Å². The summed E-state index contributed by atoms with van der Waals surface area (Å²) in [6.07, 6.45) is 6.46. The molecule has 1 aliphatic heterocycles. The molecule has 186 valence electrons. The molecule has 3 aromatic carbocycles. The number of anilines is 2. The fourth-order valence-electron chi connectivity index (χ4n) is 4.45. The molecule has 1 amide bonds. The molecular formula is C33H28N3O2+. The third-order valence-electron chi connectivity index (χ3n) is 6.30. The van der Waals surface area contributed by atoms with Crippen LogP contribution in [0.1, 0.15) is 29.2 Å². The molecule has 0 saturated heterocycles. The number of nitrogens with zero attached hydrogens (tertiary/aromatic N) is 2. The predicted octanol–water partition coefficient (Wildman–Crippen LogP) is 5.11. The quantitative estimate of drug-likeness (QED) is 0.228. The molecule has 0 bridgehead atoms. The minimum Gasteiger partial charge on any atom is -0.322 e. The largest absolute Gasteiger partial charge is 0.322 e. The van der Waals surface area contributed by atoms with Crippen LogP contribution in [0.4, 0.5) is 11.4 Å². The molecule has 0 saturated carbocycles. The van der Waals surface area contributed by atoms with Crippen LogP contribution in [-0.2, 0) is 22.6 Å². The van der Waals surface area contributed by atoms with Crippen LogP contribution in [0.25, 0.3) is 11.6 Å². The van der Waals surface area contributed by atoms with Crippen LogP contribution in [0.15, 0.2) is 103 Å². The van der Waals surface area contributed by atoms with Crippen molar-refractivity contribution < 1.29 is 14.2 Å². The van der Waals surface area contributed by atoms with E-state index in [1.807, 2.05) is 97.3 Å². The average Bonchev–Trinajstić information content (AvgIpc) is 3.34. The average molecular weight is 499 g/mol.